The predicted octanol–water partition coefficient (Wildman–Crippen LogP) is 0.873. The molecule has 0 fully saturated rings. The maximum Gasteiger partial charge on any atom is 0.147 e. The van der Waals surface area contributed by atoms with Crippen molar-refractivity contribution < 1.29 is 5.11 Å². The second-order valence-electron chi connectivity index (χ2n) is 4.09. The SMILES string of the molecule is N#Cc1c(N)nc(NCCO)c(C#N)c1-c1cccnc1. The third-order valence-electron chi connectivity index (χ3n) is 2.80. The van der Waals surface area contributed by atoms with Crippen LogP contribution < -0.4 is 11.1 Å². The molecule has 2 heterocycles. The van der Waals surface area contributed by atoms with Crippen molar-refractivity contribution in [3.8, 4) is 23.3 Å². The first-order valence-corrected chi connectivity index (χ1v) is 6.11. The van der Waals surface area contributed by atoms with Crippen LogP contribution in [0, 0.1) is 22.7 Å². The summed E-state index contributed by atoms with van der Waals surface area (Å²) in [5.41, 5.74) is 7.12. The molecule has 0 aliphatic heterocycles. The molecule has 0 saturated carbocycles. The van der Waals surface area contributed by atoms with Gasteiger partial charge in [0.25, 0.3) is 0 Å². The normalized spacial score (nSPS) is 9.67. The van der Waals surface area contributed by atoms with Gasteiger partial charge >= 0.3 is 0 Å². The summed E-state index contributed by atoms with van der Waals surface area (Å²) in [5, 5.41) is 30.4. The molecule has 0 saturated heterocycles. The van der Waals surface area contributed by atoms with Gasteiger partial charge in [-0.3, -0.25) is 4.98 Å². The third kappa shape index (κ3) is 2.73. The van der Waals surface area contributed by atoms with E-state index in [0.717, 1.165) is 0 Å². The smallest absolute Gasteiger partial charge is 0.147 e. The van der Waals surface area contributed by atoms with Gasteiger partial charge in [-0.25, -0.2) is 4.98 Å². The molecule has 21 heavy (non-hydrogen) atoms. The molecule has 0 atom stereocenters. The molecule has 0 amide bonds. The molecule has 7 heteroatoms. The van der Waals surface area contributed by atoms with Gasteiger partial charge in [0.15, 0.2) is 0 Å². The Morgan fingerprint density at radius 2 is 2.05 bits per heavy atom. The minimum absolute atomic E-state index is 0.0239. The van der Waals surface area contributed by atoms with Crippen LogP contribution in [0.25, 0.3) is 11.1 Å². The second-order valence-corrected chi connectivity index (χ2v) is 4.09. The number of hydrogen-bond acceptors (Lipinski definition) is 7. The van der Waals surface area contributed by atoms with Crippen molar-refractivity contribution in [2.45, 2.75) is 0 Å². The summed E-state index contributed by atoms with van der Waals surface area (Å²) in [6.45, 7) is 0.105. The zero-order chi connectivity index (χ0) is 15.2. The Bertz CT molecular complexity index is 730. The van der Waals surface area contributed by atoms with Gasteiger partial charge in [0.1, 0.15) is 34.9 Å². The fourth-order valence-electron chi connectivity index (χ4n) is 1.93. The van der Waals surface area contributed by atoms with Gasteiger partial charge in [-0.1, -0.05) is 6.07 Å². The van der Waals surface area contributed by atoms with Crippen LogP contribution in [0.1, 0.15) is 11.1 Å². The molecule has 4 N–H and O–H groups in total. The van der Waals surface area contributed by atoms with Crippen LogP contribution in [-0.2, 0) is 0 Å². The molecule has 0 bridgehead atoms. The first kappa shape index (κ1) is 14.3. The molecule has 0 aliphatic carbocycles. The van der Waals surface area contributed by atoms with E-state index >= 15 is 0 Å². The lowest BCUT2D eigenvalue weighted by Gasteiger charge is -2.13. The minimum Gasteiger partial charge on any atom is -0.395 e. The van der Waals surface area contributed by atoms with Crippen LogP contribution in [-0.4, -0.2) is 28.2 Å². The Kier molecular flexibility index (Phi) is 4.30. The third-order valence-corrected chi connectivity index (χ3v) is 2.80. The number of nitriles is 2. The van der Waals surface area contributed by atoms with Crippen LogP contribution >= 0.6 is 0 Å². The van der Waals surface area contributed by atoms with E-state index in [1.54, 1.807) is 24.5 Å². The molecule has 0 radical (unpaired) electrons. The Morgan fingerprint density at radius 1 is 1.29 bits per heavy atom. The van der Waals surface area contributed by atoms with Crippen LogP contribution in [0.15, 0.2) is 24.5 Å². The number of nitrogen functional groups attached to an aromatic ring is 1. The van der Waals surface area contributed by atoms with E-state index in [1.807, 2.05) is 12.1 Å². The minimum atomic E-state index is -0.116. The highest BCUT2D eigenvalue weighted by Crippen LogP contribution is 2.33. The molecule has 104 valence electrons. The van der Waals surface area contributed by atoms with E-state index in [-0.39, 0.29) is 35.9 Å². The Balaban J connectivity index is 2.74. The molecular formula is C14H12N6O. The highest BCUT2D eigenvalue weighted by Gasteiger charge is 2.19. The first-order valence-electron chi connectivity index (χ1n) is 6.11. The van der Waals surface area contributed by atoms with Gasteiger partial charge in [0.2, 0.25) is 0 Å². The number of pyridine rings is 2. The summed E-state index contributed by atoms with van der Waals surface area (Å²) in [7, 11) is 0. The number of aromatic nitrogens is 2. The summed E-state index contributed by atoms with van der Waals surface area (Å²) in [6, 6.07) is 7.45. The van der Waals surface area contributed by atoms with Crippen molar-refractivity contribution in [2.75, 3.05) is 24.2 Å². The van der Waals surface area contributed by atoms with Crippen molar-refractivity contribution >= 4 is 11.6 Å². The largest absolute Gasteiger partial charge is 0.395 e. The number of anilines is 2. The second kappa shape index (κ2) is 6.33. The molecule has 0 aromatic carbocycles. The maximum atomic E-state index is 9.41. The average molecular weight is 280 g/mol. The number of aliphatic hydroxyl groups excluding tert-OH is 1. The van der Waals surface area contributed by atoms with E-state index in [2.05, 4.69) is 15.3 Å². The van der Waals surface area contributed by atoms with Crippen LogP contribution in [0.2, 0.25) is 0 Å². The molecule has 0 aliphatic rings. The standard InChI is InChI=1S/C14H12N6O/c15-6-10-12(9-2-1-3-18-8-9)11(7-16)14(19-4-5-21)20-13(10)17/h1-3,8,21H,4-5H2,(H3,17,19,20). The van der Waals surface area contributed by atoms with Gasteiger partial charge in [-0.15, -0.1) is 0 Å². The van der Waals surface area contributed by atoms with Crippen molar-refractivity contribution in [1.82, 2.24) is 9.97 Å². The van der Waals surface area contributed by atoms with Gasteiger partial charge in [0, 0.05) is 30.1 Å². The van der Waals surface area contributed by atoms with Crippen LogP contribution in [0.4, 0.5) is 11.6 Å². The number of nitrogens with two attached hydrogens (primary N) is 1. The van der Waals surface area contributed by atoms with Crippen molar-refractivity contribution in [2.24, 2.45) is 0 Å². The number of rotatable bonds is 4. The summed E-state index contributed by atoms with van der Waals surface area (Å²) in [4.78, 5) is 8.02. The lowest BCUT2D eigenvalue weighted by atomic mass is 9.97. The van der Waals surface area contributed by atoms with E-state index in [4.69, 9.17) is 10.8 Å². The van der Waals surface area contributed by atoms with Crippen LogP contribution in [0.3, 0.4) is 0 Å². The molecule has 2 aromatic heterocycles. The van der Waals surface area contributed by atoms with Gasteiger partial charge < -0.3 is 16.2 Å². The summed E-state index contributed by atoms with van der Waals surface area (Å²) in [6.07, 6.45) is 3.14. The summed E-state index contributed by atoms with van der Waals surface area (Å²) in [5.74, 6) is 0.262. The van der Waals surface area contributed by atoms with Crippen molar-refractivity contribution in [1.29, 1.82) is 10.5 Å². The molecule has 2 rings (SSSR count). The zero-order valence-electron chi connectivity index (χ0n) is 11.0. The Morgan fingerprint density at radius 3 is 2.62 bits per heavy atom. The van der Waals surface area contributed by atoms with Gasteiger partial charge in [-0.05, 0) is 6.07 Å². The first-order chi connectivity index (χ1) is 10.2. The van der Waals surface area contributed by atoms with Crippen molar-refractivity contribution in [3.05, 3.63) is 35.7 Å². The molecular weight excluding hydrogens is 268 g/mol. The highest BCUT2D eigenvalue weighted by atomic mass is 16.3. The molecule has 7 nitrogen and oxygen atoms in total. The topological polar surface area (TPSA) is 132 Å². The number of nitrogens with one attached hydrogen (secondary N) is 1. The number of nitrogens with zero attached hydrogens (tertiary/aromatic N) is 4. The Labute approximate surface area is 121 Å². The van der Waals surface area contributed by atoms with Gasteiger partial charge in [-0.2, -0.15) is 10.5 Å². The Hall–Kier alpha value is -3.16. The fourth-order valence-corrected chi connectivity index (χ4v) is 1.93. The fraction of sp³-hybridized carbons (Fsp3) is 0.143. The quantitative estimate of drug-likeness (QED) is 0.757. The molecule has 2 aromatic rings. The summed E-state index contributed by atoms with van der Waals surface area (Å²) < 4.78 is 0. The lowest BCUT2D eigenvalue weighted by Crippen LogP contribution is -2.12. The molecule has 0 unspecified atom stereocenters. The predicted molar refractivity (Wildman–Crippen MR) is 76.9 cm³/mol. The lowest BCUT2D eigenvalue weighted by molar-refractivity contribution is 0.311. The van der Waals surface area contributed by atoms with E-state index in [0.29, 0.717) is 11.1 Å². The van der Waals surface area contributed by atoms with E-state index in [1.165, 1.54) is 0 Å². The van der Waals surface area contributed by atoms with Gasteiger partial charge in [0.05, 0.1) is 6.61 Å². The highest BCUT2D eigenvalue weighted by molar-refractivity contribution is 5.84. The number of hydrogen-bond donors (Lipinski definition) is 3. The zero-order valence-corrected chi connectivity index (χ0v) is 11.0. The monoisotopic (exact) mass is 280 g/mol. The summed E-state index contributed by atoms with van der Waals surface area (Å²) >= 11 is 0. The molecule has 0 spiro atoms. The van der Waals surface area contributed by atoms with Crippen LogP contribution in [0.5, 0.6) is 0 Å². The maximum absolute atomic E-state index is 9.41. The number of aliphatic hydroxyl groups is 1. The van der Waals surface area contributed by atoms with Crippen molar-refractivity contribution in [3.63, 3.8) is 0 Å². The van der Waals surface area contributed by atoms with E-state index in [9.17, 15) is 10.5 Å². The average Bonchev–Trinajstić information content (AvgIpc) is 2.52. The van der Waals surface area contributed by atoms with E-state index < -0.39 is 0 Å².